The lowest BCUT2D eigenvalue weighted by Crippen LogP contribution is -2.44. The number of aromatic amines is 1. The van der Waals surface area contributed by atoms with Crippen molar-refractivity contribution in [2.24, 2.45) is 0 Å². The third-order valence-corrected chi connectivity index (χ3v) is 5.09. The highest BCUT2D eigenvalue weighted by Gasteiger charge is 2.34. The van der Waals surface area contributed by atoms with Crippen molar-refractivity contribution in [2.45, 2.75) is 17.9 Å². The van der Waals surface area contributed by atoms with Gasteiger partial charge in [0.15, 0.2) is 9.84 Å². The number of carbonyl (C=O) groups excluding carboxylic acids is 1. The summed E-state index contributed by atoms with van der Waals surface area (Å²) in [6.07, 6.45) is 3.93. The number of nitrogens with zero attached hydrogens (tertiary/aromatic N) is 3. The highest BCUT2D eigenvalue weighted by molar-refractivity contribution is 7.90. The molecule has 2 aromatic heterocycles. The van der Waals surface area contributed by atoms with Crippen LogP contribution in [0, 0.1) is 6.92 Å². The van der Waals surface area contributed by atoms with Crippen molar-refractivity contribution >= 4 is 15.7 Å². The van der Waals surface area contributed by atoms with E-state index < -0.39 is 15.9 Å². The second kappa shape index (κ2) is 6.33. The number of hydrogen-bond acceptors (Lipinski definition) is 6. The van der Waals surface area contributed by atoms with Crippen molar-refractivity contribution in [1.82, 2.24) is 20.1 Å². The number of amides is 1. The first-order valence-corrected chi connectivity index (χ1v) is 9.32. The highest BCUT2D eigenvalue weighted by atomic mass is 32.2. The van der Waals surface area contributed by atoms with Crippen molar-refractivity contribution < 1.29 is 17.9 Å². The Kier molecular flexibility index (Phi) is 4.37. The smallest absolute Gasteiger partial charge is 0.273 e. The molecule has 1 amide bonds. The minimum Gasteiger partial charge on any atom is -0.377 e. The predicted molar refractivity (Wildman–Crippen MR) is 85.3 cm³/mol. The number of hydrogen-bond donors (Lipinski definition) is 1. The fourth-order valence-electron chi connectivity index (χ4n) is 2.75. The standard InChI is InChI=1S/C15H18N4O4S/c1-10-4-3-5-16-13(10)15(20)19-6-7-23-9-11(19)14-12(8-17-18-14)24(2,21)22/h3-5,8,11H,6-7,9H2,1-2H3,(H,17,18)/t11-/m0/s1. The van der Waals surface area contributed by atoms with Crippen LogP contribution in [0.2, 0.25) is 0 Å². The minimum absolute atomic E-state index is 0.0774. The van der Waals surface area contributed by atoms with Gasteiger partial charge in [0.25, 0.3) is 5.91 Å². The molecule has 1 N–H and O–H groups in total. The van der Waals surface area contributed by atoms with Gasteiger partial charge in [-0.1, -0.05) is 6.07 Å². The molecule has 1 saturated heterocycles. The lowest BCUT2D eigenvalue weighted by Gasteiger charge is -2.35. The van der Waals surface area contributed by atoms with Crippen LogP contribution in [0.5, 0.6) is 0 Å². The quantitative estimate of drug-likeness (QED) is 0.875. The number of morpholine rings is 1. The monoisotopic (exact) mass is 350 g/mol. The van der Waals surface area contributed by atoms with Crippen LogP contribution in [-0.2, 0) is 14.6 Å². The number of aromatic nitrogens is 3. The number of carbonyl (C=O) groups is 1. The largest absolute Gasteiger partial charge is 0.377 e. The van der Waals surface area contributed by atoms with Gasteiger partial charge < -0.3 is 9.64 Å². The summed E-state index contributed by atoms with van der Waals surface area (Å²) in [6.45, 7) is 2.74. The molecule has 9 heteroatoms. The number of sulfone groups is 1. The average molecular weight is 350 g/mol. The van der Waals surface area contributed by atoms with E-state index in [-0.39, 0.29) is 17.4 Å². The normalized spacial score (nSPS) is 18.6. The molecule has 0 spiro atoms. The Bertz CT molecular complexity index is 862. The van der Waals surface area contributed by atoms with Gasteiger partial charge in [-0.15, -0.1) is 0 Å². The van der Waals surface area contributed by atoms with E-state index in [0.717, 1.165) is 11.8 Å². The highest BCUT2D eigenvalue weighted by Crippen LogP contribution is 2.29. The number of ether oxygens (including phenoxy) is 1. The molecule has 0 aromatic carbocycles. The van der Waals surface area contributed by atoms with Gasteiger partial charge >= 0.3 is 0 Å². The maximum absolute atomic E-state index is 12.9. The Labute approximate surface area is 139 Å². The van der Waals surface area contributed by atoms with Crippen molar-refractivity contribution in [3.05, 3.63) is 41.5 Å². The van der Waals surface area contributed by atoms with Gasteiger partial charge in [0.1, 0.15) is 10.6 Å². The molecule has 0 unspecified atom stereocenters. The maximum Gasteiger partial charge on any atom is 0.273 e. The van der Waals surface area contributed by atoms with Crippen LogP contribution in [0.3, 0.4) is 0 Å². The summed E-state index contributed by atoms with van der Waals surface area (Å²) >= 11 is 0. The second-order valence-electron chi connectivity index (χ2n) is 5.68. The van der Waals surface area contributed by atoms with E-state index in [1.165, 1.54) is 6.20 Å². The third kappa shape index (κ3) is 3.04. The third-order valence-electron chi connectivity index (χ3n) is 3.97. The SMILES string of the molecule is Cc1cccnc1C(=O)N1CCOC[C@H]1c1[nH]ncc1S(C)(=O)=O. The zero-order valence-corrected chi connectivity index (χ0v) is 14.2. The molecular weight excluding hydrogens is 332 g/mol. The van der Waals surface area contributed by atoms with E-state index in [1.807, 2.05) is 13.0 Å². The number of pyridine rings is 1. The number of rotatable bonds is 3. The molecule has 2 aromatic rings. The van der Waals surface area contributed by atoms with E-state index in [9.17, 15) is 13.2 Å². The molecule has 0 radical (unpaired) electrons. The van der Waals surface area contributed by atoms with E-state index in [2.05, 4.69) is 15.2 Å². The van der Waals surface area contributed by atoms with Crippen molar-refractivity contribution in [3.8, 4) is 0 Å². The minimum atomic E-state index is -3.46. The summed E-state index contributed by atoms with van der Waals surface area (Å²) in [5.41, 5.74) is 1.48. The molecule has 1 aliphatic rings. The zero-order valence-electron chi connectivity index (χ0n) is 13.4. The fourth-order valence-corrected chi connectivity index (χ4v) is 3.58. The molecular formula is C15H18N4O4S. The van der Waals surface area contributed by atoms with Crippen molar-refractivity contribution in [3.63, 3.8) is 0 Å². The molecule has 0 bridgehead atoms. The van der Waals surface area contributed by atoms with Crippen LogP contribution in [0.25, 0.3) is 0 Å². The Balaban J connectivity index is 2.00. The zero-order chi connectivity index (χ0) is 17.3. The summed E-state index contributed by atoms with van der Waals surface area (Å²) < 4.78 is 29.3. The first-order chi connectivity index (χ1) is 11.4. The van der Waals surface area contributed by atoms with Crippen molar-refractivity contribution in [1.29, 1.82) is 0 Å². The summed E-state index contributed by atoms with van der Waals surface area (Å²) in [6, 6.07) is 3.02. The lowest BCUT2D eigenvalue weighted by molar-refractivity contribution is -0.00503. The Morgan fingerprint density at radius 2 is 2.25 bits per heavy atom. The Hall–Kier alpha value is -2.26. The molecule has 1 aliphatic heterocycles. The van der Waals surface area contributed by atoms with E-state index >= 15 is 0 Å². The summed E-state index contributed by atoms with van der Waals surface area (Å²) in [5, 5.41) is 6.54. The fraction of sp³-hybridized carbons (Fsp3) is 0.400. The number of aryl methyl sites for hydroxylation is 1. The summed E-state index contributed by atoms with van der Waals surface area (Å²) in [7, 11) is -3.46. The van der Waals surface area contributed by atoms with Crippen LogP contribution < -0.4 is 0 Å². The summed E-state index contributed by atoms with van der Waals surface area (Å²) in [4.78, 5) is 18.7. The van der Waals surface area contributed by atoms with Gasteiger partial charge in [0, 0.05) is 19.0 Å². The van der Waals surface area contributed by atoms with Crippen LogP contribution in [0.15, 0.2) is 29.4 Å². The number of H-pyrrole nitrogens is 1. The first kappa shape index (κ1) is 16.6. The molecule has 8 nitrogen and oxygen atoms in total. The van der Waals surface area contributed by atoms with Gasteiger partial charge in [0.2, 0.25) is 0 Å². The van der Waals surface area contributed by atoms with E-state index in [1.54, 1.807) is 17.2 Å². The molecule has 3 heterocycles. The first-order valence-electron chi connectivity index (χ1n) is 7.43. The van der Waals surface area contributed by atoms with Crippen LogP contribution in [0.4, 0.5) is 0 Å². The maximum atomic E-state index is 12.9. The molecule has 128 valence electrons. The van der Waals surface area contributed by atoms with Gasteiger partial charge in [-0.2, -0.15) is 5.10 Å². The average Bonchev–Trinajstić information content (AvgIpc) is 3.04. The van der Waals surface area contributed by atoms with Crippen LogP contribution in [-0.4, -0.2) is 60.4 Å². The predicted octanol–water partition coefficient (Wildman–Crippen LogP) is 0.730. The molecule has 1 fully saturated rings. The molecule has 3 rings (SSSR count). The summed E-state index contributed by atoms with van der Waals surface area (Å²) in [5.74, 6) is -0.254. The molecule has 0 aliphatic carbocycles. The molecule has 1 atom stereocenters. The topological polar surface area (TPSA) is 105 Å². The molecule has 24 heavy (non-hydrogen) atoms. The van der Waals surface area contributed by atoms with Gasteiger partial charge in [0.05, 0.1) is 31.1 Å². The van der Waals surface area contributed by atoms with Crippen molar-refractivity contribution in [2.75, 3.05) is 26.0 Å². The van der Waals surface area contributed by atoms with Gasteiger partial charge in [-0.25, -0.2) is 8.42 Å². The Morgan fingerprint density at radius 3 is 2.96 bits per heavy atom. The Morgan fingerprint density at radius 1 is 1.46 bits per heavy atom. The van der Waals surface area contributed by atoms with Gasteiger partial charge in [-0.3, -0.25) is 14.9 Å². The second-order valence-corrected chi connectivity index (χ2v) is 7.66. The van der Waals surface area contributed by atoms with E-state index in [0.29, 0.717) is 24.5 Å². The van der Waals surface area contributed by atoms with E-state index in [4.69, 9.17) is 4.74 Å². The number of nitrogens with one attached hydrogen (secondary N) is 1. The van der Waals surface area contributed by atoms with Crippen LogP contribution in [0.1, 0.15) is 27.8 Å². The van der Waals surface area contributed by atoms with Gasteiger partial charge in [-0.05, 0) is 18.6 Å². The lowest BCUT2D eigenvalue weighted by atomic mass is 10.1. The van der Waals surface area contributed by atoms with Crippen LogP contribution >= 0.6 is 0 Å². The molecule has 0 saturated carbocycles.